The number of carbonyl (C=O) groups excluding carboxylic acids is 1. The molecule has 0 unspecified atom stereocenters. The van der Waals surface area contributed by atoms with Crippen molar-refractivity contribution in [1.82, 2.24) is 9.97 Å². The lowest BCUT2D eigenvalue weighted by atomic mass is 9.89. The van der Waals surface area contributed by atoms with Crippen LogP contribution in [0.15, 0.2) is 36.7 Å². The van der Waals surface area contributed by atoms with Gasteiger partial charge in [-0.15, -0.1) is 0 Å². The number of phenols is 1. The number of hydrogen-bond donors (Lipinski definition) is 1. The van der Waals surface area contributed by atoms with Gasteiger partial charge in [0.1, 0.15) is 16.7 Å². The molecule has 120 valence electrons. The van der Waals surface area contributed by atoms with Gasteiger partial charge < -0.3 is 14.7 Å². The predicted molar refractivity (Wildman–Crippen MR) is 85.6 cm³/mol. The van der Waals surface area contributed by atoms with Crippen molar-refractivity contribution in [3.63, 3.8) is 0 Å². The lowest BCUT2D eigenvalue weighted by Gasteiger charge is -2.17. The van der Waals surface area contributed by atoms with E-state index in [4.69, 9.17) is 16.3 Å². The van der Waals surface area contributed by atoms with Crippen molar-refractivity contribution in [1.29, 1.82) is 0 Å². The normalized spacial score (nSPS) is 20.5. The van der Waals surface area contributed by atoms with Crippen molar-refractivity contribution in [2.24, 2.45) is 5.92 Å². The van der Waals surface area contributed by atoms with Crippen molar-refractivity contribution in [2.75, 3.05) is 25.1 Å². The molecule has 6 nitrogen and oxygen atoms in total. The molecular formula is C16H16ClN3O3. The average molecular weight is 334 g/mol. The minimum atomic E-state index is -0.304. The summed E-state index contributed by atoms with van der Waals surface area (Å²) in [5.74, 6) is 0.265. The number of aromatic hydroxyl groups is 1. The van der Waals surface area contributed by atoms with E-state index in [0.717, 1.165) is 5.56 Å². The van der Waals surface area contributed by atoms with E-state index >= 15 is 0 Å². The molecule has 2 heterocycles. The Morgan fingerprint density at radius 2 is 2.00 bits per heavy atom. The van der Waals surface area contributed by atoms with Gasteiger partial charge in [0.2, 0.25) is 0 Å². The number of hydrogen-bond acceptors (Lipinski definition) is 6. The molecule has 1 fully saturated rings. The number of phenolic OH excluding ortho intramolecular Hbond substituents is 1. The van der Waals surface area contributed by atoms with Crippen molar-refractivity contribution in [3.8, 4) is 5.75 Å². The van der Waals surface area contributed by atoms with E-state index in [1.807, 2.05) is 17.0 Å². The molecule has 1 aliphatic heterocycles. The molecule has 1 aromatic carbocycles. The summed E-state index contributed by atoms with van der Waals surface area (Å²) in [7, 11) is 1.39. The highest BCUT2D eigenvalue weighted by Gasteiger charge is 2.39. The Hall–Kier alpha value is -2.34. The monoisotopic (exact) mass is 333 g/mol. The molecule has 0 amide bonds. The fourth-order valence-corrected chi connectivity index (χ4v) is 3.01. The van der Waals surface area contributed by atoms with Crippen LogP contribution in [-0.2, 0) is 9.53 Å². The Bertz CT molecular complexity index is 691. The van der Waals surface area contributed by atoms with Crippen LogP contribution in [0.25, 0.3) is 0 Å². The van der Waals surface area contributed by atoms with Crippen LogP contribution in [-0.4, -0.2) is 41.2 Å². The smallest absolute Gasteiger partial charge is 0.311 e. The first-order valence-corrected chi connectivity index (χ1v) is 7.55. The number of rotatable bonds is 3. The largest absolute Gasteiger partial charge is 0.508 e. The van der Waals surface area contributed by atoms with Crippen LogP contribution in [0.2, 0.25) is 5.15 Å². The molecule has 3 rings (SSSR count). The number of methoxy groups -OCH3 is 1. The third-order valence-corrected chi connectivity index (χ3v) is 4.27. The van der Waals surface area contributed by atoms with Gasteiger partial charge in [0, 0.05) is 19.0 Å². The van der Waals surface area contributed by atoms with Crippen molar-refractivity contribution in [3.05, 3.63) is 47.4 Å². The Labute approximate surface area is 138 Å². The first-order chi connectivity index (χ1) is 11.1. The molecule has 0 bridgehead atoms. The average Bonchev–Trinajstić information content (AvgIpc) is 3.00. The van der Waals surface area contributed by atoms with Gasteiger partial charge in [-0.1, -0.05) is 23.7 Å². The van der Waals surface area contributed by atoms with E-state index < -0.39 is 0 Å². The highest BCUT2D eigenvalue weighted by Crippen LogP contribution is 2.35. The zero-order valence-electron chi connectivity index (χ0n) is 12.5. The highest BCUT2D eigenvalue weighted by atomic mass is 35.5. The Kier molecular flexibility index (Phi) is 4.34. The van der Waals surface area contributed by atoms with Gasteiger partial charge in [-0.25, -0.2) is 9.97 Å². The van der Waals surface area contributed by atoms with Crippen molar-refractivity contribution in [2.45, 2.75) is 5.92 Å². The predicted octanol–water partition coefficient (Wildman–Crippen LogP) is 2.23. The number of nitrogens with zero attached hydrogens (tertiary/aromatic N) is 3. The molecule has 2 atom stereocenters. The fourth-order valence-electron chi connectivity index (χ4n) is 2.91. The van der Waals surface area contributed by atoms with Crippen LogP contribution in [0.3, 0.4) is 0 Å². The van der Waals surface area contributed by atoms with Gasteiger partial charge in [-0.3, -0.25) is 4.79 Å². The molecule has 7 heteroatoms. The van der Waals surface area contributed by atoms with Gasteiger partial charge in [0.05, 0.1) is 25.4 Å². The Morgan fingerprint density at radius 3 is 2.61 bits per heavy atom. The van der Waals surface area contributed by atoms with Gasteiger partial charge in [0.15, 0.2) is 0 Å². The quantitative estimate of drug-likeness (QED) is 0.868. The second-order valence-electron chi connectivity index (χ2n) is 5.43. The number of halogens is 1. The summed E-state index contributed by atoms with van der Waals surface area (Å²) >= 11 is 5.77. The molecule has 0 aliphatic carbocycles. The number of anilines is 1. The van der Waals surface area contributed by atoms with E-state index in [1.54, 1.807) is 18.3 Å². The fraction of sp³-hybridized carbons (Fsp3) is 0.312. The molecule has 2 aromatic rings. The highest BCUT2D eigenvalue weighted by molar-refractivity contribution is 6.29. The molecule has 0 radical (unpaired) electrons. The molecule has 1 aromatic heterocycles. The first kappa shape index (κ1) is 15.6. The molecular weight excluding hydrogens is 318 g/mol. The molecule has 1 aliphatic rings. The third kappa shape index (κ3) is 3.22. The summed E-state index contributed by atoms with van der Waals surface area (Å²) in [6.07, 6.45) is 3.08. The number of esters is 1. The first-order valence-electron chi connectivity index (χ1n) is 7.17. The minimum absolute atomic E-state index is 0.0412. The summed E-state index contributed by atoms with van der Waals surface area (Å²) in [6, 6.07) is 6.89. The van der Waals surface area contributed by atoms with Crippen LogP contribution < -0.4 is 4.90 Å². The molecule has 1 N–H and O–H groups in total. The maximum absolute atomic E-state index is 12.1. The van der Waals surface area contributed by atoms with E-state index in [0.29, 0.717) is 24.1 Å². The van der Waals surface area contributed by atoms with Gasteiger partial charge in [-0.05, 0) is 17.7 Å². The topological polar surface area (TPSA) is 75.5 Å². The Morgan fingerprint density at radius 1 is 1.26 bits per heavy atom. The van der Waals surface area contributed by atoms with E-state index in [-0.39, 0.29) is 23.6 Å². The molecule has 0 spiro atoms. The van der Waals surface area contributed by atoms with Crippen molar-refractivity contribution >= 4 is 23.4 Å². The second-order valence-corrected chi connectivity index (χ2v) is 5.82. The van der Waals surface area contributed by atoms with Crippen molar-refractivity contribution < 1.29 is 14.6 Å². The van der Waals surface area contributed by atoms with Crippen LogP contribution in [0.1, 0.15) is 11.5 Å². The summed E-state index contributed by atoms with van der Waals surface area (Å²) in [6.45, 7) is 1.11. The summed E-state index contributed by atoms with van der Waals surface area (Å²) in [5, 5.41) is 9.77. The van der Waals surface area contributed by atoms with Gasteiger partial charge in [0.25, 0.3) is 0 Å². The SMILES string of the molecule is COC(=O)[C@@H]1CN(c2cnc(Cl)cn2)C[C@H]1c1ccc(O)cc1. The van der Waals surface area contributed by atoms with Gasteiger partial charge in [-0.2, -0.15) is 0 Å². The zero-order chi connectivity index (χ0) is 16.4. The maximum atomic E-state index is 12.1. The number of benzene rings is 1. The molecule has 0 saturated carbocycles. The molecule has 1 saturated heterocycles. The zero-order valence-corrected chi connectivity index (χ0v) is 13.3. The van der Waals surface area contributed by atoms with Crippen LogP contribution >= 0.6 is 11.6 Å². The van der Waals surface area contributed by atoms with E-state index in [9.17, 15) is 9.90 Å². The van der Waals surface area contributed by atoms with Crippen LogP contribution in [0, 0.1) is 5.92 Å². The number of carbonyl (C=O) groups is 1. The second kappa shape index (κ2) is 6.42. The molecule has 23 heavy (non-hydrogen) atoms. The standard InChI is InChI=1S/C16H16ClN3O3/c1-23-16(22)13-9-20(15-7-18-14(17)6-19-15)8-12(13)10-2-4-11(21)5-3-10/h2-7,12-13,21H,8-9H2,1H3/t12-,13+/m0/s1. The van der Waals surface area contributed by atoms with Crippen LogP contribution in [0.5, 0.6) is 5.75 Å². The lowest BCUT2D eigenvalue weighted by Crippen LogP contribution is -2.25. The Balaban J connectivity index is 1.88. The lowest BCUT2D eigenvalue weighted by molar-refractivity contribution is -0.145. The minimum Gasteiger partial charge on any atom is -0.508 e. The number of ether oxygens (including phenoxy) is 1. The van der Waals surface area contributed by atoms with Crippen LogP contribution in [0.4, 0.5) is 5.82 Å². The summed E-state index contributed by atoms with van der Waals surface area (Å²) in [4.78, 5) is 22.4. The summed E-state index contributed by atoms with van der Waals surface area (Å²) in [5.41, 5.74) is 0.975. The van der Waals surface area contributed by atoms with E-state index in [1.165, 1.54) is 13.3 Å². The maximum Gasteiger partial charge on any atom is 0.311 e. The van der Waals surface area contributed by atoms with Gasteiger partial charge >= 0.3 is 5.97 Å². The third-order valence-electron chi connectivity index (χ3n) is 4.08. The van der Waals surface area contributed by atoms with E-state index in [2.05, 4.69) is 9.97 Å². The summed E-state index contributed by atoms with van der Waals surface area (Å²) < 4.78 is 4.94. The number of aromatic nitrogens is 2.